The van der Waals surface area contributed by atoms with Crippen molar-refractivity contribution in [1.29, 1.82) is 0 Å². The lowest BCUT2D eigenvalue weighted by molar-refractivity contribution is 0.310. The molecule has 0 unspecified atom stereocenters. The predicted molar refractivity (Wildman–Crippen MR) is 91.0 cm³/mol. The molecule has 24 heavy (non-hydrogen) atoms. The molecule has 0 aliphatic carbocycles. The molecule has 1 aromatic carbocycles. The average molecular weight is 375 g/mol. The molecule has 0 spiro atoms. The lowest BCUT2D eigenvalue weighted by atomic mass is 10.3. The molecule has 1 aromatic heterocycles. The highest BCUT2D eigenvalue weighted by molar-refractivity contribution is 7.89. The van der Waals surface area contributed by atoms with E-state index in [1.807, 2.05) is 19.0 Å². The van der Waals surface area contributed by atoms with Gasteiger partial charge in [-0.1, -0.05) is 11.6 Å². The Bertz CT molecular complexity index is 805. The summed E-state index contributed by atoms with van der Waals surface area (Å²) in [5.41, 5.74) is 0. The van der Waals surface area contributed by atoms with Crippen molar-refractivity contribution in [2.75, 3.05) is 27.2 Å². The smallest absolute Gasteiger partial charge is 0.245 e. The van der Waals surface area contributed by atoms with Crippen LogP contribution in [-0.4, -0.2) is 44.8 Å². The van der Waals surface area contributed by atoms with Gasteiger partial charge in [-0.3, -0.25) is 0 Å². The van der Waals surface area contributed by atoms with E-state index >= 15 is 0 Å². The SMILES string of the molecule is Cc1ccc(CN(CCN(C)C)S(=O)(=O)c2ccc(F)cc2Cl)o1. The van der Waals surface area contributed by atoms with Crippen LogP contribution in [0.25, 0.3) is 0 Å². The van der Waals surface area contributed by atoms with E-state index in [2.05, 4.69) is 0 Å². The highest BCUT2D eigenvalue weighted by Crippen LogP contribution is 2.26. The number of halogens is 2. The number of benzene rings is 1. The fourth-order valence-electron chi connectivity index (χ4n) is 2.16. The number of nitrogens with zero attached hydrogens (tertiary/aromatic N) is 2. The van der Waals surface area contributed by atoms with Crippen LogP contribution < -0.4 is 0 Å². The third-order valence-electron chi connectivity index (χ3n) is 3.44. The van der Waals surface area contributed by atoms with Gasteiger partial charge in [0.1, 0.15) is 22.2 Å². The van der Waals surface area contributed by atoms with Crippen LogP contribution in [0.5, 0.6) is 0 Å². The highest BCUT2D eigenvalue weighted by atomic mass is 35.5. The molecule has 1 heterocycles. The van der Waals surface area contributed by atoms with Gasteiger partial charge >= 0.3 is 0 Å². The summed E-state index contributed by atoms with van der Waals surface area (Å²) in [4.78, 5) is 1.76. The molecule has 0 radical (unpaired) electrons. The van der Waals surface area contributed by atoms with Gasteiger partial charge in [0.25, 0.3) is 0 Å². The lowest BCUT2D eigenvalue weighted by Gasteiger charge is -2.23. The summed E-state index contributed by atoms with van der Waals surface area (Å²) in [6, 6.07) is 6.77. The molecule has 8 heteroatoms. The van der Waals surface area contributed by atoms with Crippen LogP contribution >= 0.6 is 11.6 Å². The zero-order chi connectivity index (χ0) is 17.9. The molecule has 0 saturated carbocycles. The first-order valence-electron chi connectivity index (χ1n) is 7.35. The predicted octanol–water partition coefficient (Wildman–Crippen LogP) is 3.13. The zero-order valence-corrected chi connectivity index (χ0v) is 15.4. The Morgan fingerprint density at radius 1 is 1.17 bits per heavy atom. The maximum absolute atomic E-state index is 13.2. The monoisotopic (exact) mass is 374 g/mol. The van der Waals surface area contributed by atoms with Crippen molar-refractivity contribution in [3.8, 4) is 0 Å². The lowest BCUT2D eigenvalue weighted by Crippen LogP contribution is -2.36. The number of furan rings is 1. The summed E-state index contributed by atoms with van der Waals surface area (Å²) in [7, 11) is -0.177. The molecule has 0 fully saturated rings. The number of sulfonamides is 1. The Hall–Kier alpha value is -1.41. The van der Waals surface area contributed by atoms with E-state index in [0.29, 0.717) is 18.1 Å². The summed E-state index contributed by atoms with van der Waals surface area (Å²) < 4.78 is 45.9. The molecular formula is C16H20ClFN2O3S. The van der Waals surface area contributed by atoms with Crippen LogP contribution in [0.1, 0.15) is 11.5 Å². The van der Waals surface area contributed by atoms with Gasteiger partial charge in [0, 0.05) is 13.1 Å². The molecule has 0 saturated heterocycles. The summed E-state index contributed by atoms with van der Waals surface area (Å²) in [6.07, 6.45) is 0. The Morgan fingerprint density at radius 3 is 2.42 bits per heavy atom. The van der Waals surface area contributed by atoms with Gasteiger partial charge in [0.15, 0.2) is 0 Å². The molecule has 0 aliphatic heterocycles. The highest BCUT2D eigenvalue weighted by Gasteiger charge is 2.28. The summed E-state index contributed by atoms with van der Waals surface area (Å²) >= 11 is 5.95. The van der Waals surface area contributed by atoms with Crippen molar-refractivity contribution < 1.29 is 17.2 Å². The molecule has 2 rings (SSSR count). The molecule has 0 bridgehead atoms. The Balaban J connectivity index is 2.36. The molecule has 0 amide bonds. The molecule has 5 nitrogen and oxygen atoms in total. The first kappa shape index (κ1) is 18.9. The fourth-order valence-corrected chi connectivity index (χ4v) is 4.07. The minimum Gasteiger partial charge on any atom is -0.465 e. The summed E-state index contributed by atoms with van der Waals surface area (Å²) in [5, 5.41) is -0.138. The van der Waals surface area contributed by atoms with E-state index in [1.54, 1.807) is 19.1 Å². The van der Waals surface area contributed by atoms with Crippen LogP contribution in [0.3, 0.4) is 0 Å². The first-order valence-corrected chi connectivity index (χ1v) is 9.17. The number of likely N-dealkylation sites (N-methyl/N-ethyl adjacent to an activating group) is 1. The van der Waals surface area contributed by atoms with Gasteiger partial charge in [0.2, 0.25) is 10.0 Å². The van der Waals surface area contributed by atoms with E-state index in [9.17, 15) is 12.8 Å². The van der Waals surface area contributed by atoms with Crippen LogP contribution in [0, 0.1) is 12.7 Å². The number of hydrogen-bond donors (Lipinski definition) is 0. The van der Waals surface area contributed by atoms with Crippen LogP contribution in [-0.2, 0) is 16.6 Å². The maximum atomic E-state index is 13.2. The molecule has 0 atom stereocenters. The van der Waals surface area contributed by atoms with Gasteiger partial charge in [0.05, 0.1) is 11.6 Å². The second-order valence-corrected chi connectivity index (χ2v) is 8.04. The second-order valence-electron chi connectivity index (χ2n) is 5.73. The molecule has 0 N–H and O–H groups in total. The Kier molecular flexibility index (Phi) is 6.03. The van der Waals surface area contributed by atoms with Crippen molar-refractivity contribution in [2.45, 2.75) is 18.4 Å². The van der Waals surface area contributed by atoms with E-state index in [1.165, 1.54) is 10.4 Å². The molecule has 0 aliphatic rings. The van der Waals surface area contributed by atoms with E-state index < -0.39 is 15.8 Å². The normalized spacial score (nSPS) is 12.3. The van der Waals surface area contributed by atoms with E-state index in [-0.39, 0.29) is 23.0 Å². The third-order valence-corrected chi connectivity index (χ3v) is 5.76. The molecular weight excluding hydrogens is 355 g/mol. The average Bonchev–Trinajstić information content (AvgIpc) is 2.88. The van der Waals surface area contributed by atoms with Crippen molar-refractivity contribution in [3.05, 3.63) is 52.7 Å². The largest absolute Gasteiger partial charge is 0.465 e. The standard InChI is InChI=1S/C16H20ClFN2O3S/c1-12-4-6-14(23-12)11-20(9-8-19(2)3)24(21,22)16-7-5-13(18)10-15(16)17/h4-7,10H,8-9,11H2,1-3H3. The van der Waals surface area contributed by atoms with Gasteiger partial charge in [-0.05, 0) is 51.4 Å². The van der Waals surface area contributed by atoms with Gasteiger partial charge in [-0.2, -0.15) is 4.31 Å². The van der Waals surface area contributed by atoms with Gasteiger partial charge < -0.3 is 9.32 Å². The Morgan fingerprint density at radius 2 is 1.88 bits per heavy atom. The molecule has 132 valence electrons. The number of rotatable bonds is 7. The van der Waals surface area contributed by atoms with Gasteiger partial charge in [-0.25, -0.2) is 12.8 Å². The van der Waals surface area contributed by atoms with E-state index in [4.69, 9.17) is 16.0 Å². The zero-order valence-electron chi connectivity index (χ0n) is 13.8. The topological polar surface area (TPSA) is 53.8 Å². The summed E-state index contributed by atoms with van der Waals surface area (Å²) in [5.74, 6) is 0.656. The Labute approximate surface area is 146 Å². The summed E-state index contributed by atoms with van der Waals surface area (Å²) in [6.45, 7) is 2.65. The number of aryl methyl sites for hydroxylation is 1. The van der Waals surface area contributed by atoms with Crippen molar-refractivity contribution >= 4 is 21.6 Å². The van der Waals surface area contributed by atoms with Crippen molar-refractivity contribution in [2.24, 2.45) is 0 Å². The third kappa shape index (κ3) is 4.57. The minimum absolute atomic E-state index is 0.0811. The number of hydrogen-bond acceptors (Lipinski definition) is 4. The van der Waals surface area contributed by atoms with Crippen molar-refractivity contribution in [3.63, 3.8) is 0 Å². The van der Waals surface area contributed by atoms with Crippen molar-refractivity contribution in [1.82, 2.24) is 9.21 Å². The molecule has 2 aromatic rings. The van der Waals surface area contributed by atoms with Gasteiger partial charge in [-0.15, -0.1) is 0 Å². The van der Waals surface area contributed by atoms with Crippen LogP contribution in [0.15, 0.2) is 39.6 Å². The fraction of sp³-hybridized carbons (Fsp3) is 0.375. The second kappa shape index (κ2) is 7.65. The first-order chi connectivity index (χ1) is 11.2. The van der Waals surface area contributed by atoms with Crippen LogP contribution in [0.2, 0.25) is 5.02 Å². The maximum Gasteiger partial charge on any atom is 0.245 e. The minimum atomic E-state index is -3.89. The quantitative estimate of drug-likeness (QED) is 0.747. The van der Waals surface area contributed by atoms with Crippen LogP contribution in [0.4, 0.5) is 4.39 Å². The van der Waals surface area contributed by atoms with E-state index in [0.717, 1.165) is 12.1 Å².